The van der Waals surface area contributed by atoms with Crippen LogP contribution in [0.15, 0.2) is 30.3 Å². The van der Waals surface area contributed by atoms with E-state index >= 15 is 0 Å². The molecule has 0 spiro atoms. The summed E-state index contributed by atoms with van der Waals surface area (Å²) >= 11 is 0. The van der Waals surface area contributed by atoms with Crippen LogP contribution in [0.1, 0.15) is 31.2 Å². The molecular weight excluding hydrogens is 260 g/mol. The molecule has 1 atom stereocenters. The number of benzene rings is 1. The first kappa shape index (κ1) is 15.0. The minimum absolute atomic E-state index is 0.121. The van der Waals surface area contributed by atoms with Gasteiger partial charge in [-0.1, -0.05) is 30.3 Å². The molecule has 1 aromatic rings. The predicted octanol–water partition coefficient (Wildman–Crippen LogP) is 2.45. The van der Waals surface area contributed by atoms with Crippen LogP contribution < -0.4 is 5.73 Å². The average Bonchev–Trinajstić information content (AvgIpc) is 2.57. The van der Waals surface area contributed by atoms with Crippen molar-refractivity contribution in [2.75, 3.05) is 32.8 Å². The molecule has 0 amide bonds. The Morgan fingerprint density at radius 1 is 1.19 bits per heavy atom. The van der Waals surface area contributed by atoms with Gasteiger partial charge in [0.25, 0.3) is 0 Å². The summed E-state index contributed by atoms with van der Waals surface area (Å²) in [5, 5.41) is 0. The fourth-order valence-electron chi connectivity index (χ4n) is 3.94. The van der Waals surface area contributed by atoms with E-state index in [-0.39, 0.29) is 5.54 Å². The van der Waals surface area contributed by atoms with E-state index in [4.69, 9.17) is 10.5 Å². The van der Waals surface area contributed by atoms with Crippen LogP contribution in [0.25, 0.3) is 0 Å². The highest BCUT2D eigenvalue weighted by Gasteiger charge is 2.39. The molecule has 116 valence electrons. The first-order chi connectivity index (χ1) is 10.3. The van der Waals surface area contributed by atoms with Crippen molar-refractivity contribution in [2.24, 2.45) is 11.7 Å². The number of hydrogen-bond donors (Lipinski definition) is 1. The molecule has 1 unspecified atom stereocenters. The minimum Gasteiger partial charge on any atom is -0.379 e. The summed E-state index contributed by atoms with van der Waals surface area (Å²) in [5.41, 5.74) is 7.70. The first-order valence-corrected chi connectivity index (χ1v) is 8.39. The largest absolute Gasteiger partial charge is 0.379 e. The van der Waals surface area contributed by atoms with Crippen molar-refractivity contribution < 1.29 is 4.74 Å². The first-order valence-electron chi connectivity index (χ1n) is 8.39. The molecule has 2 N–H and O–H groups in total. The van der Waals surface area contributed by atoms with Crippen molar-refractivity contribution in [1.29, 1.82) is 0 Å². The van der Waals surface area contributed by atoms with Gasteiger partial charge in [-0.2, -0.15) is 0 Å². The fraction of sp³-hybridized carbons (Fsp3) is 0.667. The smallest absolute Gasteiger partial charge is 0.0662 e. The van der Waals surface area contributed by atoms with Crippen LogP contribution in [-0.4, -0.2) is 43.3 Å². The van der Waals surface area contributed by atoms with Crippen LogP contribution in [0, 0.1) is 5.92 Å². The monoisotopic (exact) mass is 288 g/mol. The number of hydrogen-bond acceptors (Lipinski definition) is 3. The van der Waals surface area contributed by atoms with Crippen molar-refractivity contribution in [3.05, 3.63) is 35.9 Å². The zero-order valence-corrected chi connectivity index (χ0v) is 13.0. The van der Waals surface area contributed by atoms with Gasteiger partial charge in [0.2, 0.25) is 0 Å². The Labute approximate surface area is 128 Å². The van der Waals surface area contributed by atoms with Gasteiger partial charge in [0.1, 0.15) is 0 Å². The molecule has 2 saturated heterocycles. The van der Waals surface area contributed by atoms with Crippen LogP contribution in [0.4, 0.5) is 0 Å². The van der Waals surface area contributed by atoms with E-state index < -0.39 is 0 Å². The third-order valence-corrected chi connectivity index (χ3v) is 5.33. The van der Waals surface area contributed by atoms with E-state index in [0.717, 1.165) is 32.1 Å². The molecule has 0 bridgehead atoms. The molecule has 3 rings (SSSR count). The summed E-state index contributed by atoms with van der Waals surface area (Å²) in [7, 11) is 0. The summed E-state index contributed by atoms with van der Waals surface area (Å²) in [6.07, 6.45) is 6.15. The Bertz CT molecular complexity index is 420. The topological polar surface area (TPSA) is 38.5 Å². The van der Waals surface area contributed by atoms with Gasteiger partial charge in [-0.25, -0.2) is 0 Å². The third kappa shape index (κ3) is 3.47. The summed E-state index contributed by atoms with van der Waals surface area (Å²) in [5.74, 6) is 0.822. The Balaban J connectivity index is 1.54. The van der Waals surface area contributed by atoms with E-state index in [2.05, 4.69) is 35.2 Å². The van der Waals surface area contributed by atoms with Crippen molar-refractivity contribution in [1.82, 2.24) is 4.90 Å². The Hall–Kier alpha value is -0.900. The second-order valence-corrected chi connectivity index (χ2v) is 6.70. The van der Waals surface area contributed by atoms with Gasteiger partial charge in [0, 0.05) is 13.2 Å². The zero-order valence-electron chi connectivity index (χ0n) is 13.0. The number of piperidine rings is 1. The summed E-state index contributed by atoms with van der Waals surface area (Å²) in [6, 6.07) is 10.9. The van der Waals surface area contributed by atoms with Crippen molar-refractivity contribution in [2.45, 2.75) is 37.6 Å². The lowest BCUT2D eigenvalue weighted by Gasteiger charge is -2.48. The second-order valence-electron chi connectivity index (χ2n) is 6.70. The zero-order chi connectivity index (χ0) is 14.5. The molecular formula is C18H28N2O. The van der Waals surface area contributed by atoms with Gasteiger partial charge >= 0.3 is 0 Å². The van der Waals surface area contributed by atoms with Crippen LogP contribution in [0.3, 0.4) is 0 Å². The van der Waals surface area contributed by atoms with E-state index in [1.807, 2.05) is 0 Å². The molecule has 2 aliphatic rings. The molecule has 0 saturated carbocycles. The van der Waals surface area contributed by atoms with E-state index in [1.165, 1.54) is 44.3 Å². The third-order valence-electron chi connectivity index (χ3n) is 5.33. The molecule has 3 heteroatoms. The van der Waals surface area contributed by atoms with Crippen LogP contribution in [0.5, 0.6) is 0 Å². The lowest BCUT2D eigenvalue weighted by atomic mass is 9.84. The summed E-state index contributed by atoms with van der Waals surface area (Å²) in [4.78, 5) is 2.62. The number of rotatable bonds is 4. The predicted molar refractivity (Wildman–Crippen MR) is 86.3 cm³/mol. The lowest BCUT2D eigenvalue weighted by Crippen LogP contribution is -2.60. The molecule has 2 heterocycles. The number of likely N-dealkylation sites (tertiary alicyclic amines) is 1. The van der Waals surface area contributed by atoms with Crippen LogP contribution >= 0.6 is 0 Å². The van der Waals surface area contributed by atoms with Crippen LogP contribution in [-0.2, 0) is 11.2 Å². The Morgan fingerprint density at radius 3 is 2.57 bits per heavy atom. The molecule has 0 aromatic heterocycles. The number of nitrogens with zero attached hydrogens (tertiary/aromatic N) is 1. The maximum atomic E-state index is 6.11. The van der Waals surface area contributed by atoms with Gasteiger partial charge < -0.3 is 10.5 Å². The van der Waals surface area contributed by atoms with E-state index in [1.54, 1.807) is 0 Å². The van der Waals surface area contributed by atoms with E-state index in [0.29, 0.717) is 0 Å². The SMILES string of the molecule is NCC1(N2CCC(Cc3ccccc3)CC2)CCCOC1. The minimum atomic E-state index is 0.121. The normalized spacial score (nSPS) is 28.6. The maximum absolute atomic E-state index is 6.11. The molecule has 2 aliphatic heterocycles. The number of nitrogens with two attached hydrogens (primary N) is 1. The van der Waals surface area contributed by atoms with Gasteiger partial charge in [-0.05, 0) is 56.7 Å². The van der Waals surface area contributed by atoms with Gasteiger partial charge in [-0.3, -0.25) is 4.90 Å². The highest BCUT2D eigenvalue weighted by Crippen LogP contribution is 2.31. The highest BCUT2D eigenvalue weighted by molar-refractivity contribution is 5.15. The van der Waals surface area contributed by atoms with Crippen LogP contribution in [0.2, 0.25) is 0 Å². The Kier molecular flexibility index (Phi) is 4.94. The second kappa shape index (κ2) is 6.91. The van der Waals surface area contributed by atoms with E-state index in [9.17, 15) is 0 Å². The lowest BCUT2D eigenvalue weighted by molar-refractivity contribution is -0.0567. The molecule has 0 aliphatic carbocycles. The van der Waals surface area contributed by atoms with Crippen molar-refractivity contribution >= 4 is 0 Å². The van der Waals surface area contributed by atoms with Crippen molar-refractivity contribution in [3.63, 3.8) is 0 Å². The molecule has 2 fully saturated rings. The highest BCUT2D eigenvalue weighted by atomic mass is 16.5. The molecule has 3 nitrogen and oxygen atoms in total. The molecule has 0 radical (unpaired) electrons. The summed E-state index contributed by atoms with van der Waals surface area (Å²) in [6.45, 7) is 4.82. The molecule has 21 heavy (non-hydrogen) atoms. The van der Waals surface area contributed by atoms with Gasteiger partial charge in [0.15, 0.2) is 0 Å². The van der Waals surface area contributed by atoms with Crippen molar-refractivity contribution in [3.8, 4) is 0 Å². The fourth-order valence-corrected chi connectivity index (χ4v) is 3.94. The van der Waals surface area contributed by atoms with Gasteiger partial charge in [-0.15, -0.1) is 0 Å². The maximum Gasteiger partial charge on any atom is 0.0662 e. The van der Waals surface area contributed by atoms with Gasteiger partial charge in [0.05, 0.1) is 12.1 Å². The average molecular weight is 288 g/mol. The standard InChI is InChI=1S/C18H28N2O/c19-14-18(9-4-12-21-15-18)20-10-7-17(8-11-20)13-16-5-2-1-3-6-16/h1-3,5-6,17H,4,7-15,19H2. The number of ether oxygens (including phenoxy) is 1. The Morgan fingerprint density at radius 2 is 1.95 bits per heavy atom. The summed E-state index contributed by atoms with van der Waals surface area (Å²) < 4.78 is 5.73. The molecule has 1 aromatic carbocycles. The quantitative estimate of drug-likeness (QED) is 0.925.